The second-order valence-corrected chi connectivity index (χ2v) is 7.16. The molecular weight excluding hydrogens is 330 g/mol. The van der Waals surface area contributed by atoms with Gasteiger partial charge in [-0.3, -0.25) is 0 Å². The Bertz CT molecular complexity index is 678. The molecule has 2 rings (SSSR count). The zero-order valence-corrected chi connectivity index (χ0v) is 15.7. The van der Waals surface area contributed by atoms with Crippen LogP contribution in [0.2, 0.25) is 0 Å². The molecule has 132 valence electrons. The van der Waals surface area contributed by atoms with Crippen LogP contribution in [0.1, 0.15) is 11.1 Å². The average molecular weight is 356 g/mol. The number of benzene rings is 2. The lowest BCUT2D eigenvalue weighted by atomic mass is 10.0. The molecule has 0 radical (unpaired) electrons. The summed E-state index contributed by atoms with van der Waals surface area (Å²) in [6, 6.07) is 17.4. The number of rotatable bonds is 9. The fraction of sp³-hybridized carbons (Fsp3) is 0.286. The van der Waals surface area contributed by atoms with Crippen LogP contribution in [0.25, 0.3) is 11.1 Å². The zero-order chi connectivity index (χ0) is 18.1. The molecule has 2 aromatic carbocycles. The predicted octanol–water partition coefficient (Wildman–Crippen LogP) is 4.38. The van der Waals surface area contributed by atoms with E-state index in [2.05, 4.69) is 74.1 Å². The van der Waals surface area contributed by atoms with Gasteiger partial charge in [0, 0.05) is 24.1 Å². The standard InChI is InChI=1S/C21H25NO2S/c1-4-21(23)24-13-14-25-16-18-7-11-20(12-8-18)19-9-5-17(6-10-19)15-22(2)3/h4-12H,1,13-16H2,2-3H3. The van der Waals surface area contributed by atoms with Crippen molar-refractivity contribution in [1.82, 2.24) is 4.90 Å². The highest BCUT2D eigenvalue weighted by Crippen LogP contribution is 2.22. The lowest BCUT2D eigenvalue weighted by molar-refractivity contribution is -0.137. The lowest BCUT2D eigenvalue weighted by Gasteiger charge is -2.10. The Kier molecular flexibility index (Phi) is 7.76. The summed E-state index contributed by atoms with van der Waals surface area (Å²) < 4.78 is 4.96. The van der Waals surface area contributed by atoms with Gasteiger partial charge < -0.3 is 9.64 Å². The van der Waals surface area contributed by atoms with E-state index in [-0.39, 0.29) is 5.97 Å². The first kappa shape index (κ1) is 19.3. The first-order valence-electron chi connectivity index (χ1n) is 8.28. The average Bonchev–Trinajstić information content (AvgIpc) is 2.62. The van der Waals surface area contributed by atoms with E-state index in [1.54, 1.807) is 11.8 Å². The molecule has 0 heterocycles. The summed E-state index contributed by atoms with van der Waals surface area (Å²) in [5.41, 5.74) is 5.05. The minimum Gasteiger partial charge on any atom is -0.462 e. The maximum atomic E-state index is 10.9. The van der Waals surface area contributed by atoms with E-state index in [0.29, 0.717) is 6.61 Å². The summed E-state index contributed by atoms with van der Waals surface area (Å²) in [7, 11) is 4.15. The van der Waals surface area contributed by atoms with Gasteiger partial charge in [0.05, 0.1) is 0 Å². The maximum Gasteiger partial charge on any atom is 0.330 e. The van der Waals surface area contributed by atoms with Gasteiger partial charge in [0.1, 0.15) is 6.61 Å². The summed E-state index contributed by atoms with van der Waals surface area (Å²) in [6.07, 6.45) is 1.19. The molecule has 0 N–H and O–H groups in total. The van der Waals surface area contributed by atoms with Crippen molar-refractivity contribution < 1.29 is 9.53 Å². The molecule has 0 atom stereocenters. The van der Waals surface area contributed by atoms with Gasteiger partial charge in [0.2, 0.25) is 0 Å². The van der Waals surface area contributed by atoms with E-state index in [4.69, 9.17) is 4.74 Å². The van der Waals surface area contributed by atoms with E-state index in [1.807, 2.05) is 0 Å². The number of carbonyl (C=O) groups is 1. The van der Waals surface area contributed by atoms with Crippen molar-refractivity contribution in [3.8, 4) is 11.1 Å². The SMILES string of the molecule is C=CC(=O)OCCSCc1ccc(-c2ccc(CN(C)C)cc2)cc1. The molecule has 0 saturated heterocycles. The molecule has 0 fully saturated rings. The van der Waals surface area contributed by atoms with Crippen LogP contribution >= 0.6 is 11.8 Å². The smallest absolute Gasteiger partial charge is 0.330 e. The fourth-order valence-corrected chi connectivity index (χ4v) is 3.18. The molecule has 0 bridgehead atoms. The Hall–Kier alpha value is -2.04. The van der Waals surface area contributed by atoms with Gasteiger partial charge in [-0.25, -0.2) is 4.79 Å². The number of ether oxygens (including phenoxy) is 1. The topological polar surface area (TPSA) is 29.5 Å². The molecule has 0 saturated carbocycles. The molecular formula is C21H25NO2S. The molecule has 0 amide bonds. The monoisotopic (exact) mass is 355 g/mol. The third-order valence-corrected chi connectivity index (χ3v) is 4.64. The number of esters is 1. The molecule has 0 aromatic heterocycles. The predicted molar refractivity (Wildman–Crippen MR) is 107 cm³/mol. The van der Waals surface area contributed by atoms with Gasteiger partial charge >= 0.3 is 5.97 Å². The molecule has 0 aliphatic rings. The van der Waals surface area contributed by atoms with Gasteiger partial charge in [-0.1, -0.05) is 55.1 Å². The van der Waals surface area contributed by atoms with Crippen molar-refractivity contribution in [3.63, 3.8) is 0 Å². The highest BCUT2D eigenvalue weighted by Gasteiger charge is 2.01. The highest BCUT2D eigenvalue weighted by molar-refractivity contribution is 7.98. The van der Waals surface area contributed by atoms with E-state index in [1.165, 1.54) is 28.3 Å². The Morgan fingerprint density at radius 3 is 2.12 bits per heavy atom. The Labute approximate surface area is 154 Å². The fourth-order valence-electron chi connectivity index (χ4n) is 2.41. The van der Waals surface area contributed by atoms with Crippen molar-refractivity contribution >= 4 is 17.7 Å². The third-order valence-electron chi connectivity index (χ3n) is 3.65. The van der Waals surface area contributed by atoms with Crippen LogP contribution in [0.5, 0.6) is 0 Å². The summed E-state index contributed by atoms with van der Waals surface area (Å²) in [6.45, 7) is 4.75. The molecule has 2 aromatic rings. The molecule has 0 aliphatic carbocycles. The zero-order valence-electron chi connectivity index (χ0n) is 14.9. The molecule has 4 heteroatoms. The summed E-state index contributed by atoms with van der Waals surface area (Å²) in [5, 5.41) is 0. The number of carbonyl (C=O) groups excluding carboxylic acids is 1. The van der Waals surface area contributed by atoms with Crippen LogP contribution < -0.4 is 0 Å². The second kappa shape index (κ2) is 10.1. The van der Waals surface area contributed by atoms with E-state index < -0.39 is 0 Å². The molecule has 0 aliphatic heterocycles. The van der Waals surface area contributed by atoms with Gasteiger partial charge in [-0.05, 0) is 36.3 Å². The summed E-state index contributed by atoms with van der Waals surface area (Å²) >= 11 is 1.75. The number of nitrogens with zero attached hydrogens (tertiary/aromatic N) is 1. The number of hydrogen-bond donors (Lipinski definition) is 0. The lowest BCUT2D eigenvalue weighted by Crippen LogP contribution is -2.10. The Morgan fingerprint density at radius 2 is 1.60 bits per heavy atom. The van der Waals surface area contributed by atoms with Gasteiger partial charge in [0.15, 0.2) is 0 Å². The van der Waals surface area contributed by atoms with Crippen molar-refractivity contribution in [1.29, 1.82) is 0 Å². The van der Waals surface area contributed by atoms with Crippen LogP contribution in [-0.2, 0) is 21.8 Å². The van der Waals surface area contributed by atoms with Crippen LogP contribution in [0.15, 0.2) is 61.2 Å². The van der Waals surface area contributed by atoms with Crippen molar-refractivity contribution in [2.45, 2.75) is 12.3 Å². The van der Waals surface area contributed by atoms with E-state index >= 15 is 0 Å². The quantitative estimate of drug-likeness (QED) is 0.379. The van der Waals surface area contributed by atoms with Crippen LogP contribution in [0.4, 0.5) is 0 Å². The highest BCUT2D eigenvalue weighted by atomic mass is 32.2. The first-order valence-corrected chi connectivity index (χ1v) is 9.44. The minimum absolute atomic E-state index is 0.360. The van der Waals surface area contributed by atoms with Crippen LogP contribution in [-0.4, -0.2) is 37.3 Å². The second-order valence-electron chi connectivity index (χ2n) is 6.06. The minimum atomic E-state index is -0.360. The number of hydrogen-bond acceptors (Lipinski definition) is 4. The van der Waals surface area contributed by atoms with Gasteiger partial charge in [0.25, 0.3) is 0 Å². The van der Waals surface area contributed by atoms with E-state index in [9.17, 15) is 4.79 Å². The molecule has 0 spiro atoms. The normalized spacial score (nSPS) is 10.7. The Balaban J connectivity index is 1.83. The largest absolute Gasteiger partial charge is 0.462 e. The number of thioether (sulfide) groups is 1. The first-order chi connectivity index (χ1) is 12.1. The molecule has 0 unspecified atom stereocenters. The van der Waals surface area contributed by atoms with Gasteiger partial charge in [-0.15, -0.1) is 0 Å². The van der Waals surface area contributed by atoms with Crippen molar-refractivity contribution in [2.24, 2.45) is 0 Å². The van der Waals surface area contributed by atoms with Crippen LogP contribution in [0.3, 0.4) is 0 Å². The van der Waals surface area contributed by atoms with Crippen molar-refractivity contribution in [2.75, 3.05) is 26.5 Å². The maximum absolute atomic E-state index is 10.9. The van der Waals surface area contributed by atoms with Crippen LogP contribution in [0, 0.1) is 0 Å². The molecule has 3 nitrogen and oxygen atoms in total. The van der Waals surface area contributed by atoms with Crippen molar-refractivity contribution in [3.05, 3.63) is 72.3 Å². The van der Waals surface area contributed by atoms with Gasteiger partial charge in [-0.2, -0.15) is 11.8 Å². The summed E-state index contributed by atoms with van der Waals surface area (Å²) in [4.78, 5) is 13.1. The Morgan fingerprint density at radius 1 is 1.04 bits per heavy atom. The molecule has 25 heavy (non-hydrogen) atoms. The third kappa shape index (κ3) is 6.77. The summed E-state index contributed by atoms with van der Waals surface area (Å²) in [5.74, 6) is 1.34. The van der Waals surface area contributed by atoms with E-state index in [0.717, 1.165) is 18.1 Å².